The first kappa shape index (κ1) is 27.3. The fraction of sp³-hybridized carbons (Fsp3) is 0.682. The zero-order valence-electron chi connectivity index (χ0n) is 18.4. The van der Waals surface area contributed by atoms with Gasteiger partial charge in [0.05, 0.1) is 5.52 Å². The highest BCUT2D eigenvalue weighted by atomic mass is 35.5. The molecule has 0 spiro atoms. The van der Waals surface area contributed by atoms with Crippen LogP contribution in [0.25, 0.3) is 10.9 Å². The molecular weight excluding hydrogens is 441 g/mol. The molecule has 8 heteroatoms. The normalized spacial score (nSPS) is 14.5. The summed E-state index contributed by atoms with van der Waals surface area (Å²) in [5.74, 6) is 0.968. The Labute approximate surface area is 199 Å². The predicted octanol–water partition coefficient (Wildman–Crippen LogP) is 5.55. The average Bonchev–Trinajstić information content (AvgIpc) is 3.06. The Morgan fingerprint density at radius 2 is 1.77 bits per heavy atom. The Bertz CT molecular complexity index is 727. The number of aryl methyl sites for hydroxylation is 1. The monoisotopic (exact) mass is 477 g/mol. The van der Waals surface area contributed by atoms with E-state index in [1.165, 1.54) is 44.4 Å². The van der Waals surface area contributed by atoms with Crippen molar-refractivity contribution in [3.05, 3.63) is 23.2 Å². The van der Waals surface area contributed by atoms with Crippen molar-refractivity contribution in [1.29, 1.82) is 0 Å². The van der Waals surface area contributed by atoms with Crippen LogP contribution < -0.4 is 5.32 Å². The fourth-order valence-corrected chi connectivity index (χ4v) is 4.30. The van der Waals surface area contributed by atoms with E-state index in [4.69, 9.17) is 16.7 Å². The van der Waals surface area contributed by atoms with Crippen LogP contribution >= 0.6 is 36.4 Å². The van der Waals surface area contributed by atoms with E-state index in [0.717, 1.165) is 61.8 Å². The third-order valence-electron chi connectivity index (χ3n) is 5.84. The van der Waals surface area contributed by atoms with Gasteiger partial charge < -0.3 is 15.1 Å². The molecule has 0 aliphatic carbocycles. The summed E-state index contributed by atoms with van der Waals surface area (Å²) in [6, 6.07) is 6.11. The van der Waals surface area contributed by atoms with Crippen LogP contribution in [0.1, 0.15) is 46.0 Å². The Hall–Kier alpha value is -0.720. The van der Waals surface area contributed by atoms with Gasteiger partial charge in [-0.05, 0) is 83.2 Å². The van der Waals surface area contributed by atoms with Crippen molar-refractivity contribution >= 4 is 53.1 Å². The molecule has 1 aliphatic heterocycles. The Kier molecular flexibility index (Phi) is 13.1. The SMILES string of the molecule is CCN(CC)CCCNc1nn(CCCN2CCCCC2)c2ccc(Cl)cc12.Cl.Cl. The first-order valence-corrected chi connectivity index (χ1v) is 11.4. The molecule has 0 bridgehead atoms. The number of hydrogen-bond acceptors (Lipinski definition) is 4. The van der Waals surface area contributed by atoms with E-state index < -0.39 is 0 Å². The zero-order chi connectivity index (χ0) is 19.8. The van der Waals surface area contributed by atoms with Crippen LogP contribution in [0.2, 0.25) is 5.02 Å². The van der Waals surface area contributed by atoms with Gasteiger partial charge in [0.15, 0.2) is 5.82 Å². The summed E-state index contributed by atoms with van der Waals surface area (Å²) in [7, 11) is 0. The third-order valence-corrected chi connectivity index (χ3v) is 6.08. The summed E-state index contributed by atoms with van der Waals surface area (Å²) < 4.78 is 2.16. The fourth-order valence-electron chi connectivity index (χ4n) is 4.13. The molecule has 2 aromatic rings. The molecule has 1 N–H and O–H groups in total. The van der Waals surface area contributed by atoms with Gasteiger partial charge in [-0.1, -0.05) is 31.9 Å². The van der Waals surface area contributed by atoms with Crippen LogP contribution in [0.15, 0.2) is 18.2 Å². The number of aromatic nitrogens is 2. The molecule has 1 aromatic carbocycles. The Balaban J connectivity index is 0.00000225. The minimum absolute atomic E-state index is 0. The van der Waals surface area contributed by atoms with E-state index in [1.807, 2.05) is 12.1 Å². The smallest absolute Gasteiger partial charge is 0.156 e. The van der Waals surface area contributed by atoms with Crippen LogP contribution in [0.5, 0.6) is 0 Å². The van der Waals surface area contributed by atoms with Gasteiger partial charge in [0.1, 0.15) is 0 Å². The maximum atomic E-state index is 6.27. The summed E-state index contributed by atoms with van der Waals surface area (Å²) in [6.07, 6.45) is 6.35. The Morgan fingerprint density at radius 1 is 1.03 bits per heavy atom. The average molecular weight is 479 g/mol. The second kappa shape index (κ2) is 14.4. The minimum atomic E-state index is 0. The number of benzene rings is 1. The first-order valence-electron chi connectivity index (χ1n) is 11.1. The van der Waals surface area contributed by atoms with Gasteiger partial charge in [0.25, 0.3) is 0 Å². The van der Waals surface area contributed by atoms with Crippen molar-refractivity contribution in [3.8, 4) is 0 Å². The van der Waals surface area contributed by atoms with Gasteiger partial charge >= 0.3 is 0 Å². The van der Waals surface area contributed by atoms with Crippen molar-refractivity contribution in [2.75, 3.05) is 51.1 Å². The lowest BCUT2D eigenvalue weighted by atomic mass is 10.1. The van der Waals surface area contributed by atoms with Crippen molar-refractivity contribution in [3.63, 3.8) is 0 Å². The highest BCUT2D eigenvalue weighted by Gasteiger charge is 2.13. The molecule has 0 unspecified atom stereocenters. The summed E-state index contributed by atoms with van der Waals surface area (Å²) in [5.41, 5.74) is 1.18. The van der Waals surface area contributed by atoms with Gasteiger partial charge in [-0.2, -0.15) is 5.10 Å². The van der Waals surface area contributed by atoms with E-state index in [1.54, 1.807) is 0 Å². The number of nitrogens with zero attached hydrogens (tertiary/aromatic N) is 4. The third kappa shape index (κ3) is 7.76. The summed E-state index contributed by atoms with van der Waals surface area (Å²) in [4.78, 5) is 5.05. The standard InChI is InChI=1S/C22H36ClN5.2ClH/c1-3-26(4-2)15-8-12-24-22-20-18-19(23)10-11-21(20)28(25-22)17-9-16-27-13-6-5-7-14-27;;/h10-11,18H,3-9,12-17H2,1-2H3,(H,24,25);2*1H. The molecule has 1 saturated heterocycles. The van der Waals surface area contributed by atoms with Crippen LogP contribution in [0.4, 0.5) is 5.82 Å². The molecule has 1 aliphatic rings. The highest BCUT2D eigenvalue weighted by molar-refractivity contribution is 6.31. The summed E-state index contributed by atoms with van der Waals surface area (Å²) in [6.45, 7) is 13.4. The lowest BCUT2D eigenvalue weighted by Crippen LogP contribution is -2.31. The number of nitrogens with one attached hydrogen (secondary N) is 1. The maximum absolute atomic E-state index is 6.27. The van der Waals surface area contributed by atoms with Crippen molar-refractivity contribution in [1.82, 2.24) is 19.6 Å². The van der Waals surface area contributed by atoms with Crippen LogP contribution in [0, 0.1) is 0 Å². The van der Waals surface area contributed by atoms with Crippen LogP contribution in [-0.2, 0) is 6.54 Å². The van der Waals surface area contributed by atoms with E-state index in [0.29, 0.717) is 0 Å². The lowest BCUT2D eigenvalue weighted by molar-refractivity contribution is 0.222. The number of anilines is 1. The summed E-state index contributed by atoms with van der Waals surface area (Å²) >= 11 is 6.27. The molecule has 2 heterocycles. The van der Waals surface area contributed by atoms with E-state index in [9.17, 15) is 0 Å². The lowest BCUT2D eigenvalue weighted by Gasteiger charge is -2.26. The van der Waals surface area contributed by atoms with Gasteiger partial charge in [0, 0.05) is 23.5 Å². The largest absolute Gasteiger partial charge is 0.368 e. The highest BCUT2D eigenvalue weighted by Crippen LogP contribution is 2.26. The Morgan fingerprint density at radius 3 is 2.47 bits per heavy atom. The molecular formula is C22H38Cl3N5. The second-order valence-corrected chi connectivity index (χ2v) is 8.23. The molecule has 0 saturated carbocycles. The van der Waals surface area contributed by atoms with Crippen molar-refractivity contribution in [2.24, 2.45) is 0 Å². The molecule has 5 nitrogen and oxygen atoms in total. The first-order chi connectivity index (χ1) is 13.7. The van der Waals surface area contributed by atoms with E-state index >= 15 is 0 Å². The van der Waals surface area contributed by atoms with Crippen LogP contribution in [-0.4, -0.2) is 65.4 Å². The van der Waals surface area contributed by atoms with Crippen LogP contribution in [0.3, 0.4) is 0 Å². The predicted molar refractivity (Wildman–Crippen MR) is 135 cm³/mol. The second-order valence-electron chi connectivity index (χ2n) is 7.80. The molecule has 30 heavy (non-hydrogen) atoms. The quantitative estimate of drug-likeness (QED) is 0.429. The molecule has 3 rings (SSSR count). The molecule has 1 aromatic heterocycles. The van der Waals surface area contributed by atoms with Gasteiger partial charge in [0.2, 0.25) is 0 Å². The molecule has 0 amide bonds. The van der Waals surface area contributed by atoms with E-state index in [2.05, 4.69) is 39.7 Å². The van der Waals surface area contributed by atoms with E-state index in [-0.39, 0.29) is 24.8 Å². The van der Waals surface area contributed by atoms with Gasteiger partial charge in [-0.15, -0.1) is 24.8 Å². The number of likely N-dealkylation sites (tertiary alicyclic amines) is 1. The number of piperidine rings is 1. The number of fused-ring (bicyclic) bond motifs is 1. The topological polar surface area (TPSA) is 36.3 Å². The van der Waals surface area contributed by atoms with Crippen molar-refractivity contribution in [2.45, 2.75) is 52.5 Å². The number of halogens is 3. The number of hydrogen-bond donors (Lipinski definition) is 1. The molecule has 172 valence electrons. The molecule has 0 atom stereocenters. The summed E-state index contributed by atoms with van der Waals surface area (Å²) in [5, 5.41) is 10.3. The van der Waals surface area contributed by atoms with Gasteiger partial charge in [-0.25, -0.2) is 0 Å². The molecule has 0 radical (unpaired) electrons. The molecule has 1 fully saturated rings. The number of rotatable bonds is 11. The minimum Gasteiger partial charge on any atom is -0.368 e. The zero-order valence-corrected chi connectivity index (χ0v) is 20.8. The van der Waals surface area contributed by atoms with Gasteiger partial charge in [-0.3, -0.25) is 4.68 Å². The maximum Gasteiger partial charge on any atom is 0.156 e. The van der Waals surface area contributed by atoms with Crippen molar-refractivity contribution < 1.29 is 0 Å².